The summed E-state index contributed by atoms with van der Waals surface area (Å²) in [5.74, 6) is 0.354. The lowest BCUT2D eigenvalue weighted by molar-refractivity contribution is -0.142. The maximum Gasteiger partial charge on any atom is 0.322 e. The second-order valence-electron chi connectivity index (χ2n) is 4.27. The van der Waals surface area contributed by atoms with E-state index in [0.29, 0.717) is 12.0 Å². The van der Waals surface area contributed by atoms with Gasteiger partial charge < -0.3 is 10.1 Å². The monoisotopic (exact) mass is 219 g/mol. The summed E-state index contributed by atoms with van der Waals surface area (Å²) < 4.78 is 4.68. The van der Waals surface area contributed by atoms with E-state index in [2.05, 4.69) is 34.3 Å². The first-order chi connectivity index (χ1) is 7.72. The molecule has 3 nitrogen and oxygen atoms in total. The lowest BCUT2D eigenvalue weighted by atomic mass is 10.1. The van der Waals surface area contributed by atoms with Crippen molar-refractivity contribution in [2.24, 2.45) is 0 Å². The second kappa shape index (κ2) is 4.66. The Labute approximate surface area is 95.8 Å². The number of esters is 1. The molecule has 0 aliphatic heterocycles. The summed E-state index contributed by atoms with van der Waals surface area (Å²) in [5.41, 5.74) is 1.34. The lowest BCUT2D eigenvalue weighted by Gasteiger charge is -2.10. The molecule has 0 bridgehead atoms. The van der Waals surface area contributed by atoms with Crippen LogP contribution in [0.2, 0.25) is 0 Å². The first-order valence-corrected chi connectivity index (χ1v) is 5.61. The number of carbonyl (C=O) groups is 1. The van der Waals surface area contributed by atoms with Crippen LogP contribution in [0.4, 0.5) is 0 Å². The number of hydrogen-bond acceptors (Lipinski definition) is 3. The molecule has 0 amide bonds. The molecular weight excluding hydrogens is 202 g/mol. The van der Waals surface area contributed by atoms with Crippen molar-refractivity contribution in [2.75, 3.05) is 7.11 Å². The Morgan fingerprint density at radius 1 is 1.44 bits per heavy atom. The van der Waals surface area contributed by atoms with Crippen LogP contribution in [0.3, 0.4) is 0 Å². The maximum atomic E-state index is 11.2. The molecule has 3 atom stereocenters. The molecule has 0 aromatic heterocycles. The minimum Gasteiger partial charge on any atom is -0.468 e. The molecule has 1 saturated carbocycles. The summed E-state index contributed by atoms with van der Waals surface area (Å²) in [5, 5.41) is 3.28. The van der Waals surface area contributed by atoms with Gasteiger partial charge in [0.15, 0.2) is 0 Å². The van der Waals surface area contributed by atoms with Crippen LogP contribution in [0.5, 0.6) is 0 Å². The van der Waals surface area contributed by atoms with Gasteiger partial charge in [0.05, 0.1) is 7.11 Å². The van der Waals surface area contributed by atoms with Gasteiger partial charge in [-0.05, 0) is 18.9 Å². The fourth-order valence-corrected chi connectivity index (χ4v) is 2.01. The Bertz CT molecular complexity index is 363. The van der Waals surface area contributed by atoms with Gasteiger partial charge >= 0.3 is 5.97 Å². The quantitative estimate of drug-likeness (QED) is 0.783. The zero-order valence-electron chi connectivity index (χ0n) is 9.64. The average Bonchev–Trinajstić information content (AvgIpc) is 3.08. The van der Waals surface area contributed by atoms with Crippen LogP contribution in [-0.2, 0) is 9.53 Å². The first-order valence-electron chi connectivity index (χ1n) is 5.61. The average molecular weight is 219 g/mol. The van der Waals surface area contributed by atoms with Crippen LogP contribution in [0.25, 0.3) is 0 Å². The molecule has 0 spiro atoms. The van der Waals surface area contributed by atoms with Gasteiger partial charge in [-0.3, -0.25) is 4.79 Å². The predicted octanol–water partition coefficient (Wildman–Crippen LogP) is 1.69. The van der Waals surface area contributed by atoms with Crippen molar-refractivity contribution in [1.82, 2.24) is 5.32 Å². The molecule has 16 heavy (non-hydrogen) atoms. The highest BCUT2D eigenvalue weighted by molar-refractivity contribution is 5.75. The zero-order chi connectivity index (χ0) is 11.5. The van der Waals surface area contributed by atoms with Gasteiger partial charge in [0, 0.05) is 12.0 Å². The topological polar surface area (TPSA) is 38.3 Å². The van der Waals surface area contributed by atoms with Crippen LogP contribution < -0.4 is 5.32 Å². The first kappa shape index (κ1) is 11.1. The summed E-state index contributed by atoms with van der Waals surface area (Å²) >= 11 is 0. The standard InChI is InChI=1S/C13H17NO2/c1-9(13(15)16-2)14-12-8-11(12)10-6-4-3-5-7-10/h3-7,9,11-12,14H,8H2,1-2H3/t9?,11-,12+/m1/s1. The van der Waals surface area contributed by atoms with E-state index in [1.807, 2.05) is 13.0 Å². The van der Waals surface area contributed by atoms with E-state index >= 15 is 0 Å². The number of ether oxygens (including phenoxy) is 1. The maximum absolute atomic E-state index is 11.2. The van der Waals surface area contributed by atoms with Crippen molar-refractivity contribution >= 4 is 5.97 Å². The van der Waals surface area contributed by atoms with Crippen molar-refractivity contribution in [3.8, 4) is 0 Å². The van der Waals surface area contributed by atoms with Crippen molar-refractivity contribution < 1.29 is 9.53 Å². The molecule has 1 fully saturated rings. The van der Waals surface area contributed by atoms with E-state index in [0.717, 1.165) is 6.42 Å². The van der Waals surface area contributed by atoms with Crippen LogP contribution in [-0.4, -0.2) is 25.2 Å². The third kappa shape index (κ3) is 2.42. The Morgan fingerprint density at radius 2 is 2.12 bits per heavy atom. The summed E-state index contributed by atoms with van der Waals surface area (Å²) in [7, 11) is 1.42. The smallest absolute Gasteiger partial charge is 0.322 e. The molecular formula is C13H17NO2. The molecule has 1 unspecified atom stereocenters. The van der Waals surface area contributed by atoms with E-state index in [1.165, 1.54) is 12.7 Å². The Hall–Kier alpha value is -1.35. The SMILES string of the molecule is COC(=O)C(C)N[C@H]1C[C@@H]1c1ccccc1. The molecule has 2 rings (SSSR count). The van der Waals surface area contributed by atoms with E-state index < -0.39 is 0 Å². The van der Waals surface area contributed by atoms with Gasteiger partial charge in [-0.15, -0.1) is 0 Å². The highest BCUT2D eigenvalue weighted by atomic mass is 16.5. The minimum atomic E-state index is -0.219. The minimum absolute atomic E-state index is 0.196. The Morgan fingerprint density at radius 3 is 2.75 bits per heavy atom. The largest absolute Gasteiger partial charge is 0.468 e. The number of rotatable bonds is 4. The molecule has 1 aromatic carbocycles. The highest BCUT2D eigenvalue weighted by Gasteiger charge is 2.39. The van der Waals surface area contributed by atoms with E-state index in [4.69, 9.17) is 0 Å². The van der Waals surface area contributed by atoms with Crippen LogP contribution in [0.1, 0.15) is 24.8 Å². The van der Waals surface area contributed by atoms with E-state index in [9.17, 15) is 4.79 Å². The van der Waals surface area contributed by atoms with Gasteiger partial charge in [0.1, 0.15) is 6.04 Å². The van der Waals surface area contributed by atoms with Crippen LogP contribution >= 0.6 is 0 Å². The number of hydrogen-bond donors (Lipinski definition) is 1. The van der Waals surface area contributed by atoms with Crippen molar-refractivity contribution in [2.45, 2.75) is 31.3 Å². The zero-order valence-corrected chi connectivity index (χ0v) is 9.64. The van der Waals surface area contributed by atoms with Gasteiger partial charge in [-0.1, -0.05) is 30.3 Å². The summed E-state index contributed by atoms with van der Waals surface area (Å²) in [6.07, 6.45) is 1.10. The predicted molar refractivity (Wildman–Crippen MR) is 62.2 cm³/mol. The van der Waals surface area contributed by atoms with Gasteiger partial charge in [-0.2, -0.15) is 0 Å². The molecule has 3 heteroatoms. The van der Waals surface area contributed by atoms with Gasteiger partial charge in [0.25, 0.3) is 0 Å². The third-order valence-electron chi connectivity index (χ3n) is 3.04. The summed E-state index contributed by atoms with van der Waals surface area (Å²) in [4.78, 5) is 11.2. The Balaban J connectivity index is 1.86. The van der Waals surface area contributed by atoms with Crippen LogP contribution in [0, 0.1) is 0 Å². The molecule has 0 heterocycles. The number of carbonyl (C=O) groups excluding carboxylic acids is 1. The fourth-order valence-electron chi connectivity index (χ4n) is 2.01. The highest BCUT2D eigenvalue weighted by Crippen LogP contribution is 2.40. The molecule has 0 radical (unpaired) electrons. The molecule has 0 saturated heterocycles. The number of methoxy groups -OCH3 is 1. The van der Waals surface area contributed by atoms with Crippen LogP contribution in [0.15, 0.2) is 30.3 Å². The number of benzene rings is 1. The molecule has 1 aliphatic carbocycles. The van der Waals surface area contributed by atoms with Crippen molar-refractivity contribution in [3.63, 3.8) is 0 Å². The number of nitrogens with one attached hydrogen (secondary N) is 1. The van der Waals surface area contributed by atoms with E-state index in [-0.39, 0.29) is 12.0 Å². The Kier molecular flexibility index (Phi) is 3.25. The molecule has 1 aromatic rings. The second-order valence-corrected chi connectivity index (χ2v) is 4.27. The van der Waals surface area contributed by atoms with Crippen molar-refractivity contribution in [1.29, 1.82) is 0 Å². The summed E-state index contributed by atoms with van der Waals surface area (Å²) in [6.45, 7) is 1.84. The van der Waals surface area contributed by atoms with Crippen molar-refractivity contribution in [3.05, 3.63) is 35.9 Å². The normalized spacial score (nSPS) is 24.9. The fraction of sp³-hybridized carbons (Fsp3) is 0.462. The summed E-state index contributed by atoms with van der Waals surface area (Å²) in [6, 6.07) is 10.6. The van der Waals surface area contributed by atoms with Gasteiger partial charge in [-0.25, -0.2) is 0 Å². The molecule has 1 aliphatic rings. The molecule has 1 N–H and O–H groups in total. The molecule has 86 valence electrons. The van der Waals surface area contributed by atoms with E-state index in [1.54, 1.807) is 0 Å². The lowest BCUT2D eigenvalue weighted by Crippen LogP contribution is -2.36. The van der Waals surface area contributed by atoms with Gasteiger partial charge in [0.2, 0.25) is 0 Å². The third-order valence-corrected chi connectivity index (χ3v) is 3.04.